The lowest BCUT2D eigenvalue weighted by molar-refractivity contribution is 0.542. The summed E-state index contributed by atoms with van der Waals surface area (Å²) in [6, 6.07) is 0. The molecule has 0 atom stereocenters. The van der Waals surface area contributed by atoms with Crippen LogP contribution in [0, 0.1) is 0 Å². The van der Waals surface area contributed by atoms with Gasteiger partial charge in [0.15, 0.2) is 0 Å². The van der Waals surface area contributed by atoms with Crippen LogP contribution in [-0.2, 0) is 11.8 Å². The summed E-state index contributed by atoms with van der Waals surface area (Å²) in [6.45, 7) is 6.41. The van der Waals surface area contributed by atoms with E-state index in [0.717, 1.165) is 12.2 Å². The maximum absolute atomic E-state index is 4.55. The highest BCUT2D eigenvalue weighted by Gasteiger charge is 2.19. The van der Waals surface area contributed by atoms with E-state index in [1.54, 1.807) is 0 Å². The standard InChI is InChI=1S/C11H14N2/c1-11(2,3)10-12-7-8-5-4-6-9(8)13-10/h4-5,7H,6H2,1-3H3. The van der Waals surface area contributed by atoms with Gasteiger partial charge in [-0.1, -0.05) is 32.9 Å². The van der Waals surface area contributed by atoms with E-state index < -0.39 is 0 Å². The van der Waals surface area contributed by atoms with Crippen molar-refractivity contribution in [2.45, 2.75) is 32.6 Å². The van der Waals surface area contributed by atoms with Crippen molar-refractivity contribution in [1.82, 2.24) is 9.97 Å². The number of allylic oxidation sites excluding steroid dienone is 1. The zero-order valence-corrected chi connectivity index (χ0v) is 8.33. The fourth-order valence-electron chi connectivity index (χ4n) is 1.39. The second-order valence-corrected chi connectivity index (χ2v) is 4.45. The Morgan fingerprint density at radius 2 is 2.08 bits per heavy atom. The first-order valence-electron chi connectivity index (χ1n) is 4.60. The monoisotopic (exact) mass is 174 g/mol. The Bertz CT molecular complexity index is 359. The molecule has 1 aromatic rings. The van der Waals surface area contributed by atoms with Crippen molar-refractivity contribution in [2.24, 2.45) is 0 Å². The first kappa shape index (κ1) is 8.42. The highest BCUT2D eigenvalue weighted by molar-refractivity contribution is 5.56. The number of hydrogen-bond donors (Lipinski definition) is 0. The number of aromatic nitrogens is 2. The molecular weight excluding hydrogens is 160 g/mol. The normalized spacial score (nSPS) is 14.7. The number of rotatable bonds is 0. The zero-order valence-electron chi connectivity index (χ0n) is 8.33. The number of hydrogen-bond acceptors (Lipinski definition) is 2. The molecule has 1 aliphatic carbocycles. The summed E-state index contributed by atoms with van der Waals surface area (Å²) in [5.74, 6) is 0.940. The zero-order chi connectivity index (χ0) is 9.47. The molecule has 0 saturated heterocycles. The molecule has 68 valence electrons. The van der Waals surface area contributed by atoms with Gasteiger partial charge < -0.3 is 0 Å². The van der Waals surface area contributed by atoms with E-state index in [1.165, 1.54) is 11.3 Å². The Balaban J connectivity index is 2.45. The summed E-state index contributed by atoms with van der Waals surface area (Å²) >= 11 is 0. The maximum Gasteiger partial charge on any atom is 0.133 e. The maximum atomic E-state index is 4.55. The molecule has 1 aliphatic rings. The average Bonchev–Trinajstić information content (AvgIpc) is 2.47. The molecule has 0 amide bonds. The molecule has 0 bridgehead atoms. The predicted molar refractivity (Wildman–Crippen MR) is 53.5 cm³/mol. The van der Waals surface area contributed by atoms with Crippen LogP contribution in [0.1, 0.15) is 37.9 Å². The van der Waals surface area contributed by atoms with E-state index in [4.69, 9.17) is 0 Å². The van der Waals surface area contributed by atoms with Gasteiger partial charge in [-0.15, -0.1) is 0 Å². The predicted octanol–water partition coefficient (Wildman–Crippen LogP) is 2.34. The third-order valence-corrected chi connectivity index (χ3v) is 2.18. The topological polar surface area (TPSA) is 25.8 Å². The van der Waals surface area contributed by atoms with Crippen molar-refractivity contribution in [3.05, 3.63) is 29.4 Å². The minimum Gasteiger partial charge on any atom is -0.240 e. The molecule has 1 heterocycles. The lowest BCUT2D eigenvalue weighted by Gasteiger charge is -2.16. The number of fused-ring (bicyclic) bond motifs is 1. The van der Waals surface area contributed by atoms with Gasteiger partial charge in [0.2, 0.25) is 0 Å². The van der Waals surface area contributed by atoms with Crippen molar-refractivity contribution in [3.63, 3.8) is 0 Å². The van der Waals surface area contributed by atoms with Gasteiger partial charge in [0, 0.05) is 23.6 Å². The largest absolute Gasteiger partial charge is 0.240 e. The van der Waals surface area contributed by atoms with Gasteiger partial charge in [-0.3, -0.25) is 0 Å². The van der Waals surface area contributed by atoms with Crippen molar-refractivity contribution in [2.75, 3.05) is 0 Å². The summed E-state index contributed by atoms with van der Waals surface area (Å²) in [6.07, 6.45) is 7.10. The van der Waals surface area contributed by atoms with E-state index in [1.807, 2.05) is 6.20 Å². The van der Waals surface area contributed by atoms with Crippen molar-refractivity contribution in [1.29, 1.82) is 0 Å². The van der Waals surface area contributed by atoms with Crippen LogP contribution in [-0.4, -0.2) is 9.97 Å². The van der Waals surface area contributed by atoms with Crippen LogP contribution >= 0.6 is 0 Å². The summed E-state index contributed by atoms with van der Waals surface area (Å²) < 4.78 is 0. The van der Waals surface area contributed by atoms with Crippen molar-refractivity contribution < 1.29 is 0 Å². The molecule has 0 aliphatic heterocycles. The quantitative estimate of drug-likeness (QED) is 0.603. The summed E-state index contributed by atoms with van der Waals surface area (Å²) in [5.41, 5.74) is 2.39. The molecule has 0 saturated carbocycles. The van der Waals surface area contributed by atoms with Crippen LogP contribution in [0.15, 0.2) is 12.3 Å². The molecular formula is C11H14N2. The van der Waals surface area contributed by atoms with Gasteiger partial charge >= 0.3 is 0 Å². The van der Waals surface area contributed by atoms with Crippen molar-refractivity contribution in [3.8, 4) is 0 Å². The molecule has 0 fully saturated rings. The lowest BCUT2D eigenvalue weighted by Crippen LogP contribution is -2.16. The third kappa shape index (κ3) is 1.48. The molecule has 0 unspecified atom stereocenters. The minimum absolute atomic E-state index is 0.0532. The first-order valence-corrected chi connectivity index (χ1v) is 4.60. The highest BCUT2D eigenvalue weighted by Crippen LogP contribution is 2.22. The SMILES string of the molecule is CC(C)(C)c1ncc2c(n1)CC=C2. The van der Waals surface area contributed by atoms with Crippen LogP contribution in [0.2, 0.25) is 0 Å². The highest BCUT2D eigenvalue weighted by atomic mass is 14.9. The van der Waals surface area contributed by atoms with Crippen LogP contribution in [0.3, 0.4) is 0 Å². The van der Waals surface area contributed by atoms with Crippen LogP contribution in [0.5, 0.6) is 0 Å². The molecule has 13 heavy (non-hydrogen) atoms. The van der Waals surface area contributed by atoms with E-state index in [0.29, 0.717) is 0 Å². The molecule has 0 spiro atoms. The minimum atomic E-state index is 0.0532. The Labute approximate surface area is 78.7 Å². The fourth-order valence-corrected chi connectivity index (χ4v) is 1.39. The van der Waals surface area contributed by atoms with E-state index >= 15 is 0 Å². The van der Waals surface area contributed by atoms with Crippen LogP contribution in [0.25, 0.3) is 6.08 Å². The van der Waals surface area contributed by atoms with Gasteiger partial charge in [-0.05, 0) is 0 Å². The van der Waals surface area contributed by atoms with E-state index in [2.05, 4.69) is 42.9 Å². The Kier molecular flexibility index (Phi) is 1.72. The van der Waals surface area contributed by atoms with E-state index in [9.17, 15) is 0 Å². The van der Waals surface area contributed by atoms with Crippen LogP contribution < -0.4 is 0 Å². The Hall–Kier alpha value is -1.18. The van der Waals surface area contributed by atoms with E-state index in [-0.39, 0.29) is 5.41 Å². The molecule has 1 aromatic heterocycles. The summed E-state index contributed by atoms with van der Waals surface area (Å²) in [4.78, 5) is 8.91. The summed E-state index contributed by atoms with van der Waals surface area (Å²) in [5, 5.41) is 0. The second kappa shape index (κ2) is 2.66. The molecule has 2 rings (SSSR count). The van der Waals surface area contributed by atoms with Gasteiger partial charge in [-0.2, -0.15) is 0 Å². The third-order valence-electron chi connectivity index (χ3n) is 2.18. The van der Waals surface area contributed by atoms with Gasteiger partial charge in [0.1, 0.15) is 5.82 Å². The molecule has 2 heteroatoms. The Morgan fingerprint density at radius 3 is 2.77 bits per heavy atom. The molecule has 0 N–H and O–H groups in total. The van der Waals surface area contributed by atoms with Gasteiger partial charge in [0.25, 0.3) is 0 Å². The van der Waals surface area contributed by atoms with Crippen LogP contribution in [0.4, 0.5) is 0 Å². The first-order chi connectivity index (χ1) is 6.07. The average molecular weight is 174 g/mol. The summed E-state index contributed by atoms with van der Waals surface area (Å²) in [7, 11) is 0. The fraction of sp³-hybridized carbons (Fsp3) is 0.455. The molecule has 0 radical (unpaired) electrons. The molecule has 2 nitrogen and oxygen atoms in total. The van der Waals surface area contributed by atoms with Gasteiger partial charge in [0.05, 0.1) is 5.69 Å². The molecule has 0 aromatic carbocycles. The van der Waals surface area contributed by atoms with Crippen molar-refractivity contribution >= 4 is 6.08 Å². The smallest absolute Gasteiger partial charge is 0.133 e. The van der Waals surface area contributed by atoms with Gasteiger partial charge in [-0.25, -0.2) is 9.97 Å². The second-order valence-electron chi connectivity index (χ2n) is 4.45. The Morgan fingerprint density at radius 1 is 1.31 bits per heavy atom. The lowest BCUT2D eigenvalue weighted by atomic mass is 9.95. The number of nitrogens with zero attached hydrogens (tertiary/aromatic N) is 2.